The van der Waals surface area contributed by atoms with Gasteiger partial charge in [-0.05, 0) is 49.9 Å². The molecule has 1 amide bonds. The Bertz CT molecular complexity index is 1260. The Morgan fingerprint density at radius 3 is 2.80 bits per heavy atom. The average Bonchev–Trinajstić information content (AvgIpc) is 3.56. The Morgan fingerprint density at radius 1 is 1.29 bits per heavy atom. The Kier molecular flexibility index (Phi) is 6.13. The predicted octanol–water partition coefficient (Wildman–Crippen LogP) is 2.64. The van der Waals surface area contributed by atoms with Crippen molar-refractivity contribution in [3.05, 3.63) is 30.6 Å². The Labute approximate surface area is 202 Å². The number of nitrogens with one attached hydrogen (secondary N) is 1. The van der Waals surface area contributed by atoms with E-state index in [-0.39, 0.29) is 17.8 Å². The van der Waals surface area contributed by atoms with Crippen LogP contribution in [0, 0.1) is 16.7 Å². The molecule has 1 aromatic carbocycles. The molecule has 1 aliphatic heterocycles. The van der Waals surface area contributed by atoms with Crippen LogP contribution in [0.2, 0.25) is 0 Å². The molecule has 5 rings (SSSR count). The molecule has 182 valence electrons. The monoisotopic (exact) mass is 476 g/mol. The number of aromatic nitrogens is 4. The number of imidazole rings is 1. The molecule has 11 nitrogen and oxygen atoms in total. The standard InChI is InChI=1S/C24H28N8O3/c1-34-11-12-35-18-6-4-16(5-7-18)28-23-29-20(26)19-21(30-23)32(15-27-19)17-3-2-10-31(13-17)22(33)24(14-25)8-9-24/h4-7,15,17H,2-3,8-13H2,1H3,(H3,26,28,29,30). The molecule has 1 saturated heterocycles. The van der Waals surface area contributed by atoms with E-state index in [1.54, 1.807) is 13.4 Å². The number of nitrogen functional groups attached to an aromatic ring is 1. The third-order valence-electron chi connectivity index (χ3n) is 6.57. The lowest BCUT2D eigenvalue weighted by Gasteiger charge is -2.34. The van der Waals surface area contributed by atoms with Gasteiger partial charge in [0.05, 0.1) is 25.0 Å². The summed E-state index contributed by atoms with van der Waals surface area (Å²) in [7, 11) is 1.63. The van der Waals surface area contributed by atoms with Gasteiger partial charge in [0.2, 0.25) is 11.9 Å². The van der Waals surface area contributed by atoms with Gasteiger partial charge in [-0.25, -0.2) is 4.98 Å². The first kappa shape index (κ1) is 22.9. The quantitative estimate of drug-likeness (QED) is 0.469. The molecule has 2 aliphatic rings. The fourth-order valence-corrected chi connectivity index (χ4v) is 4.44. The normalized spacial score (nSPS) is 18.7. The zero-order valence-corrected chi connectivity index (χ0v) is 19.6. The number of nitriles is 1. The summed E-state index contributed by atoms with van der Waals surface area (Å²) in [6, 6.07) is 9.66. The van der Waals surface area contributed by atoms with Crippen LogP contribution in [0.1, 0.15) is 31.7 Å². The first-order chi connectivity index (χ1) is 17.0. The summed E-state index contributed by atoms with van der Waals surface area (Å²) >= 11 is 0. The second-order valence-corrected chi connectivity index (χ2v) is 8.99. The Hall–Kier alpha value is -3.91. The molecule has 1 atom stereocenters. The molecule has 1 aliphatic carbocycles. The van der Waals surface area contributed by atoms with Crippen LogP contribution in [0.25, 0.3) is 11.2 Å². The van der Waals surface area contributed by atoms with Crippen molar-refractivity contribution in [1.82, 2.24) is 24.4 Å². The van der Waals surface area contributed by atoms with E-state index >= 15 is 0 Å². The van der Waals surface area contributed by atoms with Gasteiger partial charge in [-0.2, -0.15) is 15.2 Å². The van der Waals surface area contributed by atoms with Crippen molar-refractivity contribution in [3.8, 4) is 11.8 Å². The molecule has 35 heavy (non-hydrogen) atoms. The van der Waals surface area contributed by atoms with Crippen LogP contribution in [-0.4, -0.2) is 63.7 Å². The van der Waals surface area contributed by atoms with E-state index in [2.05, 4.69) is 21.4 Å². The molecule has 1 unspecified atom stereocenters. The minimum atomic E-state index is -0.813. The van der Waals surface area contributed by atoms with Gasteiger partial charge >= 0.3 is 0 Å². The number of ether oxygens (including phenoxy) is 2. The third-order valence-corrected chi connectivity index (χ3v) is 6.57. The molecule has 2 fully saturated rings. The van der Waals surface area contributed by atoms with Crippen LogP contribution in [0.5, 0.6) is 5.75 Å². The van der Waals surface area contributed by atoms with Crippen LogP contribution in [-0.2, 0) is 9.53 Å². The van der Waals surface area contributed by atoms with Crippen molar-refractivity contribution in [2.24, 2.45) is 5.41 Å². The Morgan fingerprint density at radius 2 is 2.09 bits per heavy atom. The number of fused-ring (bicyclic) bond motifs is 1. The van der Waals surface area contributed by atoms with Gasteiger partial charge in [-0.15, -0.1) is 0 Å². The van der Waals surface area contributed by atoms with Crippen LogP contribution < -0.4 is 15.8 Å². The van der Waals surface area contributed by atoms with Crippen LogP contribution in [0.4, 0.5) is 17.5 Å². The second kappa shape index (κ2) is 9.38. The number of nitrogens with zero attached hydrogens (tertiary/aromatic N) is 6. The first-order valence-electron chi connectivity index (χ1n) is 11.7. The number of nitrogens with two attached hydrogens (primary N) is 1. The number of rotatable bonds is 8. The number of piperidine rings is 1. The first-order valence-corrected chi connectivity index (χ1v) is 11.7. The number of hydrogen-bond acceptors (Lipinski definition) is 9. The minimum Gasteiger partial charge on any atom is -0.491 e. The van der Waals surface area contributed by atoms with Gasteiger partial charge in [0, 0.05) is 25.9 Å². The smallest absolute Gasteiger partial charge is 0.243 e. The topological polar surface area (TPSA) is 144 Å². The van der Waals surface area contributed by atoms with Gasteiger partial charge in [0.25, 0.3) is 0 Å². The highest BCUT2D eigenvalue weighted by molar-refractivity contribution is 5.88. The lowest BCUT2D eigenvalue weighted by molar-refractivity contribution is -0.136. The number of amides is 1. The van der Waals surface area contributed by atoms with Gasteiger partial charge in [0.1, 0.15) is 23.3 Å². The summed E-state index contributed by atoms with van der Waals surface area (Å²) in [6.07, 6.45) is 4.74. The fraction of sp³-hybridized carbons (Fsp3) is 0.458. The highest BCUT2D eigenvalue weighted by atomic mass is 16.5. The van der Waals surface area contributed by atoms with Gasteiger partial charge in [0.15, 0.2) is 11.5 Å². The molecule has 0 radical (unpaired) electrons. The second-order valence-electron chi connectivity index (χ2n) is 8.99. The third kappa shape index (κ3) is 4.57. The SMILES string of the molecule is COCCOc1ccc(Nc2nc(N)c3ncn(C4CCCN(C(=O)C5(C#N)CC5)C4)c3n2)cc1. The fourth-order valence-electron chi connectivity index (χ4n) is 4.44. The molecule has 1 saturated carbocycles. The van der Waals surface area contributed by atoms with Gasteiger partial charge in [-0.3, -0.25) is 4.79 Å². The number of benzene rings is 1. The van der Waals surface area contributed by atoms with E-state index in [1.807, 2.05) is 33.7 Å². The number of anilines is 3. The molecular weight excluding hydrogens is 448 g/mol. The van der Waals surface area contributed by atoms with E-state index in [0.717, 1.165) is 24.3 Å². The van der Waals surface area contributed by atoms with Crippen molar-refractivity contribution in [2.45, 2.75) is 31.7 Å². The van der Waals surface area contributed by atoms with Crippen LogP contribution >= 0.6 is 0 Å². The summed E-state index contributed by atoms with van der Waals surface area (Å²) < 4.78 is 12.6. The number of likely N-dealkylation sites (tertiary alicyclic amines) is 1. The minimum absolute atomic E-state index is 0.00197. The Balaban J connectivity index is 1.34. The van der Waals surface area contributed by atoms with Crippen molar-refractivity contribution >= 4 is 34.5 Å². The summed E-state index contributed by atoms with van der Waals surface area (Å²) in [5.74, 6) is 1.32. The van der Waals surface area contributed by atoms with E-state index in [1.165, 1.54) is 0 Å². The van der Waals surface area contributed by atoms with E-state index in [0.29, 0.717) is 56.3 Å². The predicted molar refractivity (Wildman–Crippen MR) is 129 cm³/mol. The maximum atomic E-state index is 12.9. The van der Waals surface area contributed by atoms with Crippen molar-refractivity contribution in [1.29, 1.82) is 5.26 Å². The lowest BCUT2D eigenvalue weighted by Crippen LogP contribution is -2.44. The van der Waals surface area contributed by atoms with Gasteiger partial charge in [-0.1, -0.05) is 0 Å². The molecule has 2 aromatic heterocycles. The zero-order chi connectivity index (χ0) is 24.4. The number of methoxy groups -OCH3 is 1. The van der Waals surface area contributed by atoms with E-state index < -0.39 is 5.41 Å². The average molecular weight is 477 g/mol. The number of hydrogen-bond donors (Lipinski definition) is 2. The summed E-state index contributed by atoms with van der Waals surface area (Å²) in [5, 5.41) is 12.6. The molecule has 11 heteroatoms. The highest BCUT2D eigenvalue weighted by Crippen LogP contribution is 2.47. The van der Waals surface area contributed by atoms with Crippen molar-refractivity contribution < 1.29 is 14.3 Å². The maximum Gasteiger partial charge on any atom is 0.243 e. The summed E-state index contributed by atoms with van der Waals surface area (Å²) in [6.45, 7) is 2.18. The maximum absolute atomic E-state index is 12.9. The van der Waals surface area contributed by atoms with Crippen LogP contribution in [0.15, 0.2) is 30.6 Å². The number of carbonyl (C=O) groups is 1. The largest absolute Gasteiger partial charge is 0.491 e. The molecule has 3 heterocycles. The molecule has 0 spiro atoms. The van der Waals surface area contributed by atoms with E-state index in [4.69, 9.17) is 20.2 Å². The zero-order valence-electron chi connectivity index (χ0n) is 19.6. The molecule has 3 N–H and O–H groups in total. The van der Waals surface area contributed by atoms with Gasteiger partial charge < -0.3 is 30.0 Å². The van der Waals surface area contributed by atoms with Crippen LogP contribution in [0.3, 0.4) is 0 Å². The molecule has 3 aromatic rings. The number of carbonyl (C=O) groups excluding carboxylic acids is 1. The summed E-state index contributed by atoms with van der Waals surface area (Å²) in [4.78, 5) is 28.2. The van der Waals surface area contributed by atoms with Crippen molar-refractivity contribution in [2.75, 3.05) is 44.5 Å². The van der Waals surface area contributed by atoms with E-state index in [9.17, 15) is 10.1 Å². The van der Waals surface area contributed by atoms with Crippen molar-refractivity contribution in [3.63, 3.8) is 0 Å². The highest BCUT2D eigenvalue weighted by Gasteiger charge is 2.53. The lowest BCUT2D eigenvalue weighted by atomic mass is 10.0. The molecular formula is C24H28N8O3. The molecule has 0 bridgehead atoms. The summed E-state index contributed by atoms with van der Waals surface area (Å²) in [5.41, 5.74) is 7.32.